The average molecular weight is 401 g/mol. The summed E-state index contributed by atoms with van der Waals surface area (Å²) in [6.07, 6.45) is 3.20. The molecule has 0 saturated carbocycles. The van der Waals surface area contributed by atoms with Crippen LogP contribution in [0.2, 0.25) is 0 Å². The number of nitrogens with zero attached hydrogens (tertiary/aromatic N) is 3. The molecule has 2 heterocycles. The maximum atomic E-state index is 13.3. The Kier molecular flexibility index (Phi) is 6.74. The van der Waals surface area contributed by atoms with Gasteiger partial charge in [-0.15, -0.1) is 0 Å². The van der Waals surface area contributed by atoms with Gasteiger partial charge in [0.25, 0.3) is 5.69 Å². The third kappa shape index (κ3) is 5.28. The minimum Gasteiger partial charge on any atom is -0.466 e. The average Bonchev–Trinajstić information content (AvgIpc) is 2.73. The second-order valence-electron chi connectivity index (χ2n) is 7.12. The predicted molar refractivity (Wildman–Crippen MR) is 106 cm³/mol. The molecule has 1 fully saturated rings. The molecule has 0 N–H and O–H groups in total. The van der Waals surface area contributed by atoms with E-state index in [4.69, 9.17) is 4.74 Å². The first-order chi connectivity index (χ1) is 14.0. The van der Waals surface area contributed by atoms with Gasteiger partial charge in [0.1, 0.15) is 17.8 Å². The first-order valence-electron chi connectivity index (χ1n) is 9.74. The topological polar surface area (TPSA) is 85.6 Å². The molecule has 1 unspecified atom stereocenters. The number of hydrogen-bond acceptors (Lipinski definition) is 6. The maximum absolute atomic E-state index is 13.3. The Morgan fingerprint density at radius 2 is 1.97 bits per heavy atom. The smallest absolute Gasteiger partial charge is 0.306 e. The number of esters is 1. The molecule has 0 amide bonds. The normalized spacial score (nSPS) is 15.7. The molecule has 0 aliphatic carbocycles. The molecule has 1 saturated heterocycles. The summed E-state index contributed by atoms with van der Waals surface area (Å²) in [5, 5.41) is 10.8. The highest BCUT2D eigenvalue weighted by Gasteiger charge is 2.30. The highest BCUT2D eigenvalue weighted by Crippen LogP contribution is 2.36. The van der Waals surface area contributed by atoms with E-state index in [2.05, 4.69) is 9.88 Å². The van der Waals surface area contributed by atoms with Crippen LogP contribution in [-0.2, 0) is 9.53 Å². The summed E-state index contributed by atoms with van der Waals surface area (Å²) >= 11 is 0. The number of hydrogen-bond donors (Lipinski definition) is 0. The van der Waals surface area contributed by atoms with E-state index >= 15 is 0 Å². The van der Waals surface area contributed by atoms with E-state index in [1.54, 1.807) is 25.1 Å². The molecule has 1 aliphatic heterocycles. The molecule has 2 aromatic rings. The fourth-order valence-electron chi connectivity index (χ4n) is 3.87. The molecular weight excluding hydrogens is 377 g/mol. The van der Waals surface area contributed by atoms with Crippen molar-refractivity contribution in [2.45, 2.75) is 32.1 Å². The first kappa shape index (κ1) is 20.7. The van der Waals surface area contributed by atoms with Crippen LogP contribution in [0.4, 0.5) is 15.9 Å². The van der Waals surface area contributed by atoms with Crippen LogP contribution in [0.15, 0.2) is 42.6 Å². The van der Waals surface area contributed by atoms with Gasteiger partial charge in [-0.3, -0.25) is 14.9 Å². The minimum atomic E-state index is -0.467. The van der Waals surface area contributed by atoms with Crippen LogP contribution in [0.25, 0.3) is 0 Å². The fourth-order valence-corrected chi connectivity index (χ4v) is 3.87. The van der Waals surface area contributed by atoms with Crippen LogP contribution < -0.4 is 4.90 Å². The number of benzene rings is 1. The van der Waals surface area contributed by atoms with Crippen molar-refractivity contribution >= 4 is 17.5 Å². The predicted octanol–water partition coefficient (Wildman–Crippen LogP) is 4.08. The summed E-state index contributed by atoms with van der Waals surface area (Å²) < 4.78 is 18.5. The number of piperidine rings is 1. The van der Waals surface area contributed by atoms with Gasteiger partial charge in [0.15, 0.2) is 0 Å². The van der Waals surface area contributed by atoms with E-state index < -0.39 is 4.92 Å². The van der Waals surface area contributed by atoms with Crippen molar-refractivity contribution in [3.8, 4) is 0 Å². The zero-order valence-corrected chi connectivity index (χ0v) is 16.3. The highest BCUT2D eigenvalue weighted by atomic mass is 19.1. The monoisotopic (exact) mass is 401 g/mol. The number of ether oxygens (including phenoxy) is 1. The van der Waals surface area contributed by atoms with Crippen LogP contribution in [0, 0.1) is 21.8 Å². The van der Waals surface area contributed by atoms with Gasteiger partial charge in [0.2, 0.25) is 0 Å². The van der Waals surface area contributed by atoms with Crippen molar-refractivity contribution in [1.29, 1.82) is 0 Å². The van der Waals surface area contributed by atoms with Gasteiger partial charge in [-0.05, 0) is 55.4 Å². The summed E-state index contributed by atoms with van der Waals surface area (Å²) in [5.41, 5.74) is 0.904. The lowest BCUT2D eigenvalue weighted by atomic mass is 9.78. The van der Waals surface area contributed by atoms with Crippen LogP contribution in [-0.4, -0.2) is 35.6 Å². The largest absolute Gasteiger partial charge is 0.466 e. The number of anilines is 1. The zero-order valence-electron chi connectivity index (χ0n) is 16.3. The summed E-state index contributed by atoms with van der Waals surface area (Å²) in [6.45, 7) is 3.58. The Balaban J connectivity index is 1.69. The van der Waals surface area contributed by atoms with Crippen molar-refractivity contribution in [3.05, 3.63) is 64.1 Å². The van der Waals surface area contributed by atoms with Gasteiger partial charge < -0.3 is 9.64 Å². The van der Waals surface area contributed by atoms with Crippen LogP contribution in [0.5, 0.6) is 0 Å². The Bertz CT molecular complexity index is 834. The SMILES string of the molecule is CCOC(=O)CC(c1ccc(F)cc1)C1CCN(c2ccc([N+](=O)[O-])cn2)CC1. The second kappa shape index (κ2) is 9.45. The summed E-state index contributed by atoms with van der Waals surface area (Å²) in [5.74, 6) is 0.363. The van der Waals surface area contributed by atoms with Crippen molar-refractivity contribution < 1.29 is 18.8 Å². The van der Waals surface area contributed by atoms with Crippen molar-refractivity contribution in [1.82, 2.24) is 4.98 Å². The van der Waals surface area contributed by atoms with E-state index in [-0.39, 0.29) is 35.7 Å². The van der Waals surface area contributed by atoms with Gasteiger partial charge in [-0.25, -0.2) is 9.37 Å². The molecule has 29 heavy (non-hydrogen) atoms. The minimum absolute atomic E-state index is 0.0329. The molecule has 1 aliphatic rings. The van der Waals surface area contributed by atoms with E-state index in [9.17, 15) is 19.3 Å². The Labute approximate surface area is 168 Å². The molecule has 1 aromatic carbocycles. The molecule has 3 rings (SSSR count). The van der Waals surface area contributed by atoms with E-state index in [1.807, 2.05) is 0 Å². The maximum Gasteiger partial charge on any atom is 0.306 e. The standard InChI is InChI=1S/C21H24FN3O4/c1-2-29-21(26)13-19(15-3-5-17(22)6-4-15)16-9-11-24(12-10-16)20-8-7-18(14-23-20)25(27)28/h3-8,14,16,19H,2,9-13H2,1H3. The summed E-state index contributed by atoms with van der Waals surface area (Å²) in [7, 11) is 0. The quantitative estimate of drug-likeness (QED) is 0.395. The van der Waals surface area contributed by atoms with Crippen molar-refractivity contribution in [2.75, 3.05) is 24.6 Å². The number of pyridine rings is 1. The fraction of sp³-hybridized carbons (Fsp3) is 0.429. The lowest BCUT2D eigenvalue weighted by molar-refractivity contribution is -0.385. The Morgan fingerprint density at radius 3 is 2.52 bits per heavy atom. The summed E-state index contributed by atoms with van der Waals surface area (Å²) in [4.78, 5) is 28.8. The van der Waals surface area contributed by atoms with Crippen molar-refractivity contribution in [3.63, 3.8) is 0 Å². The molecule has 0 spiro atoms. The lowest BCUT2D eigenvalue weighted by Crippen LogP contribution is -2.36. The van der Waals surface area contributed by atoms with E-state index in [1.165, 1.54) is 24.4 Å². The third-order valence-electron chi connectivity index (χ3n) is 5.37. The van der Waals surface area contributed by atoms with Gasteiger partial charge in [-0.1, -0.05) is 12.1 Å². The van der Waals surface area contributed by atoms with E-state index in [0.717, 1.165) is 31.5 Å². The van der Waals surface area contributed by atoms with Crippen molar-refractivity contribution in [2.24, 2.45) is 5.92 Å². The summed E-state index contributed by atoms with van der Waals surface area (Å²) in [6, 6.07) is 9.44. The molecular formula is C21H24FN3O4. The number of nitro groups is 1. The molecule has 7 nitrogen and oxygen atoms in total. The number of rotatable bonds is 7. The van der Waals surface area contributed by atoms with Gasteiger partial charge in [-0.2, -0.15) is 0 Å². The number of carbonyl (C=O) groups excluding carboxylic acids is 1. The van der Waals surface area contributed by atoms with Crippen LogP contribution >= 0.6 is 0 Å². The molecule has 8 heteroatoms. The second-order valence-corrected chi connectivity index (χ2v) is 7.12. The van der Waals surface area contributed by atoms with E-state index in [0.29, 0.717) is 12.4 Å². The molecule has 1 atom stereocenters. The third-order valence-corrected chi connectivity index (χ3v) is 5.37. The highest BCUT2D eigenvalue weighted by molar-refractivity contribution is 5.70. The van der Waals surface area contributed by atoms with Gasteiger partial charge in [0.05, 0.1) is 18.0 Å². The lowest BCUT2D eigenvalue weighted by Gasteiger charge is -2.36. The number of carbonyl (C=O) groups is 1. The Hall–Kier alpha value is -3.03. The van der Waals surface area contributed by atoms with Gasteiger partial charge >= 0.3 is 5.97 Å². The van der Waals surface area contributed by atoms with Crippen LogP contribution in [0.1, 0.15) is 37.7 Å². The Morgan fingerprint density at radius 1 is 1.28 bits per heavy atom. The first-order valence-corrected chi connectivity index (χ1v) is 9.74. The number of aromatic nitrogens is 1. The van der Waals surface area contributed by atoms with Gasteiger partial charge in [0, 0.05) is 19.2 Å². The molecule has 0 radical (unpaired) electrons. The van der Waals surface area contributed by atoms with Crippen LogP contribution in [0.3, 0.4) is 0 Å². The molecule has 0 bridgehead atoms. The number of halogens is 1. The molecule has 1 aromatic heterocycles. The molecule has 154 valence electrons. The zero-order chi connectivity index (χ0) is 20.8.